The van der Waals surface area contributed by atoms with Gasteiger partial charge >= 0.3 is 0 Å². The van der Waals surface area contributed by atoms with Crippen molar-refractivity contribution < 1.29 is 0 Å². The average Bonchev–Trinajstić information content (AvgIpc) is 2.50. The molecule has 0 amide bonds. The Bertz CT molecular complexity index is 312. The summed E-state index contributed by atoms with van der Waals surface area (Å²) in [5.74, 6) is 2.75. The van der Waals surface area contributed by atoms with E-state index in [0.29, 0.717) is 0 Å². The number of rotatable bonds is 3. The normalized spacial score (nSPS) is 37.7. The summed E-state index contributed by atoms with van der Waals surface area (Å²) in [5.41, 5.74) is 0. The van der Waals surface area contributed by atoms with Crippen molar-refractivity contribution in [2.75, 3.05) is 45.8 Å². The van der Waals surface area contributed by atoms with Gasteiger partial charge in [-0.15, -0.1) is 0 Å². The summed E-state index contributed by atoms with van der Waals surface area (Å²) < 4.78 is 0. The van der Waals surface area contributed by atoms with E-state index >= 15 is 0 Å². The van der Waals surface area contributed by atoms with Gasteiger partial charge < -0.3 is 10.2 Å². The lowest BCUT2D eigenvalue weighted by Crippen LogP contribution is -2.56. The molecule has 0 radical (unpaired) electrons. The summed E-state index contributed by atoms with van der Waals surface area (Å²) in [6.45, 7) is 14.0. The molecule has 3 saturated heterocycles. The van der Waals surface area contributed by atoms with Gasteiger partial charge in [0.1, 0.15) is 0 Å². The lowest BCUT2D eigenvalue weighted by Gasteiger charge is -2.45. The van der Waals surface area contributed by atoms with Crippen LogP contribution in [0.4, 0.5) is 0 Å². The van der Waals surface area contributed by atoms with Crippen LogP contribution in [0.2, 0.25) is 0 Å². The van der Waals surface area contributed by atoms with Crippen LogP contribution in [0.25, 0.3) is 0 Å². The van der Waals surface area contributed by atoms with E-state index in [1.54, 1.807) is 0 Å². The molecule has 0 saturated carbocycles. The molecule has 1 N–H and O–H groups in total. The summed E-state index contributed by atoms with van der Waals surface area (Å²) in [6, 6.07) is 0.792. The first-order valence-corrected chi connectivity index (χ1v) is 9.39. The molecule has 3 fully saturated rings. The second-order valence-corrected chi connectivity index (χ2v) is 8.05. The number of piperidine rings is 3. The van der Waals surface area contributed by atoms with Crippen molar-refractivity contribution in [2.45, 2.75) is 52.0 Å². The van der Waals surface area contributed by atoms with Gasteiger partial charge in [0.2, 0.25) is 0 Å². The van der Waals surface area contributed by atoms with Gasteiger partial charge in [-0.1, -0.05) is 13.8 Å². The second kappa shape index (κ2) is 7.43. The Hall–Kier alpha value is -0.120. The lowest BCUT2D eigenvalue weighted by molar-refractivity contribution is 0.0495. The van der Waals surface area contributed by atoms with E-state index in [9.17, 15) is 0 Å². The Morgan fingerprint density at radius 1 is 0.952 bits per heavy atom. The summed E-state index contributed by atoms with van der Waals surface area (Å²) in [5, 5.41) is 3.66. The van der Waals surface area contributed by atoms with Gasteiger partial charge in [-0.2, -0.15) is 0 Å². The van der Waals surface area contributed by atoms with Gasteiger partial charge in [0.25, 0.3) is 0 Å². The molecular formula is C18H35N3. The largest absolute Gasteiger partial charge is 0.315 e. The summed E-state index contributed by atoms with van der Waals surface area (Å²) in [7, 11) is 0. The van der Waals surface area contributed by atoms with Crippen LogP contribution in [0.1, 0.15) is 46.0 Å². The maximum absolute atomic E-state index is 3.66. The standard InChI is InChI=1S/C18H35N3/c1-15-6-10-20(11-7-15)14-17-5-8-19-12-18(17)21-9-3-4-16(2)13-21/h15-19H,3-14H2,1-2H3. The quantitative estimate of drug-likeness (QED) is 0.862. The molecule has 3 heteroatoms. The molecule has 3 rings (SSSR count). The summed E-state index contributed by atoms with van der Waals surface area (Å²) in [6.07, 6.45) is 7.05. The topological polar surface area (TPSA) is 18.5 Å². The van der Waals surface area contributed by atoms with Crippen LogP contribution in [-0.4, -0.2) is 61.7 Å². The fourth-order valence-corrected chi connectivity index (χ4v) is 4.64. The number of nitrogens with one attached hydrogen (secondary N) is 1. The first kappa shape index (κ1) is 15.8. The van der Waals surface area contributed by atoms with Gasteiger partial charge in [-0.3, -0.25) is 4.90 Å². The fourth-order valence-electron chi connectivity index (χ4n) is 4.64. The van der Waals surface area contributed by atoms with Gasteiger partial charge in [-0.25, -0.2) is 0 Å². The minimum atomic E-state index is 0.792. The monoisotopic (exact) mass is 293 g/mol. The second-order valence-electron chi connectivity index (χ2n) is 8.05. The van der Waals surface area contributed by atoms with Crippen LogP contribution in [0.3, 0.4) is 0 Å². The molecule has 3 aliphatic rings. The third-order valence-electron chi connectivity index (χ3n) is 6.12. The Labute approximate surface area is 131 Å². The van der Waals surface area contributed by atoms with Crippen molar-refractivity contribution >= 4 is 0 Å². The molecule has 3 atom stereocenters. The predicted molar refractivity (Wildman–Crippen MR) is 89.6 cm³/mol. The molecule has 0 aliphatic carbocycles. The number of hydrogen-bond donors (Lipinski definition) is 1. The van der Waals surface area contributed by atoms with Gasteiger partial charge in [0, 0.05) is 25.7 Å². The SMILES string of the molecule is CC1CCN(CC2CCNCC2N2CCCC(C)C2)CC1. The van der Waals surface area contributed by atoms with E-state index in [1.165, 1.54) is 77.9 Å². The molecule has 0 spiro atoms. The zero-order chi connectivity index (χ0) is 14.7. The van der Waals surface area contributed by atoms with Crippen LogP contribution in [-0.2, 0) is 0 Å². The molecule has 3 nitrogen and oxygen atoms in total. The average molecular weight is 293 g/mol. The molecule has 3 unspecified atom stereocenters. The van der Waals surface area contributed by atoms with Crippen molar-refractivity contribution in [1.82, 2.24) is 15.1 Å². The van der Waals surface area contributed by atoms with Crippen molar-refractivity contribution in [3.05, 3.63) is 0 Å². The van der Waals surface area contributed by atoms with E-state index < -0.39 is 0 Å². The van der Waals surface area contributed by atoms with Crippen molar-refractivity contribution in [1.29, 1.82) is 0 Å². The molecule has 3 heterocycles. The number of hydrogen-bond acceptors (Lipinski definition) is 3. The fraction of sp³-hybridized carbons (Fsp3) is 1.00. The zero-order valence-corrected chi connectivity index (χ0v) is 14.2. The molecular weight excluding hydrogens is 258 g/mol. The first-order chi connectivity index (χ1) is 10.2. The Morgan fingerprint density at radius 3 is 2.52 bits per heavy atom. The Balaban J connectivity index is 1.56. The number of likely N-dealkylation sites (tertiary alicyclic amines) is 2. The third-order valence-corrected chi connectivity index (χ3v) is 6.12. The van der Waals surface area contributed by atoms with Crippen LogP contribution in [0.5, 0.6) is 0 Å². The van der Waals surface area contributed by atoms with E-state index in [2.05, 4.69) is 29.0 Å². The number of nitrogens with zero attached hydrogens (tertiary/aromatic N) is 2. The minimum absolute atomic E-state index is 0.792. The predicted octanol–water partition coefficient (Wildman–Crippen LogP) is 2.43. The van der Waals surface area contributed by atoms with Gasteiger partial charge in [0.15, 0.2) is 0 Å². The van der Waals surface area contributed by atoms with Crippen molar-refractivity contribution in [3.63, 3.8) is 0 Å². The third kappa shape index (κ3) is 4.20. The van der Waals surface area contributed by atoms with Crippen LogP contribution in [0, 0.1) is 17.8 Å². The highest BCUT2D eigenvalue weighted by Crippen LogP contribution is 2.26. The van der Waals surface area contributed by atoms with Crippen LogP contribution >= 0.6 is 0 Å². The van der Waals surface area contributed by atoms with Gasteiger partial charge in [0.05, 0.1) is 0 Å². The van der Waals surface area contributed by atoms with Gasteiger partial charge in [-0.05, 0) is 76.0 Å². The highest BCUT2D eigenvalue weighted by molar-refractivity contribution is 4.90. The smallest absolute Gasteiger partial charge is 0.0261 e. The molecule has 0 aromatic carbocycles. The Morgan fingerprint density at radius 2 is 1.76 bits per heavy atom. The van der Waals surface area contributed by atoms with Crippen LogP contribution in [0.15, 0.2) is 0 Å². The molecule has 0 aromatic heterocycles. The summed E-state index contributed by atoms with van der Waals surface area (Å²) in [4.78, 5) is 5.58. The summed E-state index contributed by atoms with van der Waals surface area (Å²) >= 11 is 0. The minimum Gasteiger partial charge on any atom is -0.315 e. The molecule has 0 aromatic rings. The molecule has 21 heavy (non-hydrogen) atoms. The van der Waals surface area contributed by atoms with E-state index in [-0.39, 0.29) is 0 Å². The zero-order valence-electron chi connectivity index (χ0n) is 14.2. The highest BCUT2D eigenvalue weighted by Gasteiger charge is 2.33. The molecule has 0 bridgehead atoms. The first-order valence-electron chi connectivity index (χ1n) is 9.39. The maximum atomic E-state index is 3.66. The van der Waals surface area contributed by atoms with E-state index in [4.69, 9.17) is 0 Å². The van der Waals surface area contributed by atoms with E-state index in [0.717, 1.165) is 23.8 Å². The van der Waals surface area contributed by atoms with Crippen molar-refractivity contribution in [3.8, 4) is 0 Å². The Kier molecular flexibility index (Phi) is 5.58. The molecule has 122 valence electrons. The lowest BCUT2D eigenvalue weighted by atomic mass is 9.87. The molecule has 3 aliphatic heterocycles. The van der Waals surface area contributed by atoms with Crippen LogP contribution < -0.4 is 5.32 Å². The van der Waals surface area contributed by atoms with E-state index in [1.807, 2.05) is 0 Å². The maximum Gasteiger partial charge on any atom is 0.0261 e. The van der Waals surface area contributed by atoms with Crippen molar-refractivity contribution in [2.24, 2.45) is 17.8 Å². The highest BCUT2D eigenvalue weighted by atomic mass is 15.2.